The quantitative estimate of drug-likeness (QED) is 0.784. The molecule has 26 heavy (non-hydrogen) atoms. The van der Waals surface area contributed by atoms with Crippen LogP contribution in [0, 0.1) is 13.8 Å². The zero-order valence-electron chi connectivity index (χ0n) is 15.1. The van der Waals surface area contributed by atoms with Crippen LogP contribution < -0.4 is 5.32 Å². The first kappa shape index (κ1) is 20.4. The minimum absolute atomic E-state index is 0.193. The molecule has 0 saturated carbocycles. The topological polar surface area (TPSA) is 66.5 Å². The van der Waals surface area contributed by atoms with Gasteiger partial charge in [-0.05, 0) is 54.8 Å². The third kappa shape index (κ3) is 5.83. The second kappa shape index (κ2) is 8.66. The van der Waals surface area contributed by atoms with Crippen molar-refractivity contribution in [3.05, 3.63) is 69.7 Å². The van der Waals surface area contributed by atoms with Crippen LogP contribution in [0.25, 0.3) is 0 Å². The van der Waals surface area contributed by atoms with Gasteiger partial charge >= 0.3 is 0 Å². The van der Waals surface area contributed by atoms with Crippen molar-refractivity contribution in [2.75, 3.05) is 19.3 Å². The van der Waals surface area contributed by atoms with Crippen LogP contribution in [-0.2, 0) is 16.6 Å². The van der Waals surface area contributed by atoms with Crippen LogP contribution in [0.3, 0.4) is 0 Å². The zero-order chi connectivity index (χ0) is 19.3. The highest BCUT2D eigenvalue weighted by molar-refractivity contribution is 7.88. The molecular weight excluding hydrogens is 372 g/mol. The highest BCUT2D eigenvalue weighted by Gasteiger charge is 2.17. The lowest BCUT2D eigenvalue weighted by atomic mass is 10.1. The summed E-state index contributed by atoms with van der Waals surface area (Å²) in [4.78, 5) is 12.2. The average molecular weight is 395 g/mol. The predicted molar refractivity (Wildman–Crippen MR) is 105 cm³/mol. The first-order valence-corrected chi connectivity index (χ1v) is 10.4. The molecule has 0 aliphatic heterocycles. The summed E-state index contributed by atoms with van der Waals surface area (Å²) in [6.07, 6.45) is 1.16. The van der Waals surface area contributed by atoms with E-state index in [1.807, 2.05) is 26.0 Å². The fourth-order valence-electron chi connectivity index (χ4n) is 2.43. The van der Waals surface area contributed by atoms with Crippen LogP contribution >= 0.6 is 11.6 Å². The summed E-state index contributed by atoms with van der Waals surface area (Å²) in [7, 11) is -3.40. The van der Waals surface area contributed by atoms with E-state index in [1.165, 1.54) is 4.31 Å². The van der Waals surface area contributed by atoms with Crippen LogP contribution in [0.5, 0.6) is 0 Å². The maximum atomic E-state index is 12.2. The van der Waals surface area contributed by atoms with E-state index in [2.05, 4.69) is 5.32 Å². The maximum absolute atomic E-state index is 12.2. The number of aryl methyl sites for hydroxylation is 2. The average Bonchev–Trinajstić information content (AvgIpc) is 2.57. The van der Waals surface area contributed by atoms with Gasteiger partial charge in [-0.25, -0.2) is 8.42 Å². The molecule has 0 fully saturated rings. The lowest BCUT2D eigenvalue weighted by molar-refractivity contribution is 0.0951. The predicted octanol–water partition coefficient (Wildman–Crippen LogP) is 3.15. The first-order chi connectivity index (χ1) is 12.2. The van der Waals surface area contributed by atoms with Gasteiger partial charge in [-0.1, -0.05) is 29.8 Å². The number of benzene rings is 2. The molecule has 5 nitrogen and oxygen atoms in total. The minimum atomic E-state index is -3.40. The Morgan fingerprint density at radius 1 is 1.08 bits per heavy atom. The number of carbonyl (C=O) groups excluding carboxylic acids is 1. The van der Waals surface area contributed by atoms with Gasteiger partial charge in [0.1, 0.15) is 0 Å². The number of halogens is 1. The first-order valence-electron chi connectivity index (χ1n) is 8.22. The number of carbonyl (C=O) groups is 1. The number of nitrogens with zero attached hydrogens (tertiary/aromatic N) is 1. The highest BCUT2D eigenvalue weighted by Crippen LogP contribution is 2.13. The van der Waals surface area contributed by atoms with Crippen molar-refractivity contribution in [2.45, 2.75) is 20.4 Å². The summed E-state index contributed by atoms with van der Waals surface area (Å²) in [5, 5.41) is 3.37. The van der Waals surface area contributed by atoms with Crippen molar-refractivity contribution in [2.24, 2.45) is 0 Å². The normalized spacial score (nSPS) is 11.6. The molecule has 0 aliphatic rings. The van der Waals surface area contributed by atoms with Crippen molar-refractivity contribution in [1.29, 1.82) is 0 Å². The van der Waals surface area contributed by atoms with Gasteiger partial charge in [-0.2, -0.15) is 4.31 Å². The molecule has 0 saturated heterocycles. The lowest BCUT2D eigenvalue weighted by Crippen LogP contribution is -2.37. The standard InChI is InChI=1S/C19H23ClN2O3S/c1-14-4-7-17(12-15(14)2)19(23)21-10-11-22(26(3,24)25)13-16-5-8-18(20)9-6-16/h4-9,12H,10-11,13H2,1-3H3,(H,21,23). The summed E-state index contributed by atoms with van der Waals surface area (Å²) in [6, 6.07) is 12.5. The molecule has 0 bridgehead atoms. The molecule has 0 atom stereocenters. The smallest absolute Gasteiger partial charge is 0.251 e. The van der Waals surface area contributed by atoms with Gasteiger partial charge in [0.15, 0.2) is 0 Å². The molecule has 0 aliphatic carbocycles. The lowest BCUT2D eigenvalue weighted by Gasteiger charge is -2.20. The Morgan fingerprint density at radius 3 is 2.31 bits per heavy atom. The maximum Gasteiger partial charge on any atom is 0.251 e. The molecule has 1 amide bonds. The van der Waals surface area contributed by atoms with Gasteiger partial charge in [0.05, 0.1) is 6.26 Å². The fraction of sp³-hybridized carbons (Fsp3) is 0.316. The molecule has 2 aromatic rings. The van der Waals surface area contributed by atoms with E-state index in [0.29, 0.717) is 10.6 Å². The SMILES string of the molecule is Cc1ccc(C(=O)NCCN(Cc2ccc(Cl)cc2)S(C)(=O)=O)cc1C. The second-order valence-electron chi connectivity index (χ2n) is 6.28. The fourth-order valence-corrected chi connectivity index (χ4v) is 3.37. The summed E-state index contributed by atoms with van der Waals surface area (Å²) in [5.41, 5.74) is 3.56. The Hall–Kier alpha value is -1.89. The summed E-state index contributed by atoms with van der Waals surface area (Å²) in [6.45, 7) is 4.58. The van der Waals surface area contributed by atoms with Gasteiger partial charge < -0.3 is 5.32 Å². The van der Waals surface area contributed by atoms with E-state index in [1.54, 1.807) is 30.3 Å². The van der Waals surface area contributed by atoms with Crippen LogP contribution in [0.15, 0.2) is 42.5 Å². The summed E-state index contributed by atoms with van der Waals surface area (Å²) in [5.74, 6) is -0.215. The van der Waals surface area contributed by atoms with Crippen LogP contribution in [0.1, 0.15) is 27.0 Å². The number of amides is 1. The molecule has 0 unspecified atom stereocenters. The van der Waals surface area contributed by atoms with Gasteiger partial charge in [0, 0.05) is 30.2 Å². The van der Waals surface area contributed by atoms with Crippen molar-refractivity contribution >= 4 is 27.5 Å². The Kier molecular flexibility index (Phi) is 6.81. The molecule has 0 heterocycles. The largest absolute Gasteiger partial charge is 0.351 e. The molecule has 0 spiro atoms. The van der Waals surface area contributed by atoms with Crippen LogP contribution in [0.2, 0.25) is 5.02 Å². The van der Waals surface area contributed by atoms with Crippen LogP contribution in [0.4, 0.5) is 0 Å². The van der Waals surface area contributed by atoms with Gasteiger partial charge in [0.25, 0.3) is 5.91 Å². The Balaban J connectivity index is 1.97. The molecule has 2 rings (SSSR count). The minimum Gasteiger partial charge on any atom is -0.351 e. The van der Waals surface area contributed by atoms with Crippen molar-refractivity contribution < 1.29 is 13.2 Å². The Bertz CT molecular complexity index is 880. The van der Waals surface area contributed by atoms with Crippen molar-refractivity contribution in [3.8, 4) is 0 Å². The number of nitrogens with one attached hydrogen (secondary N) is 1. The van der Waals surface area contributed by atoms with E-state index in [4.69, 9.17) is 11.6 Å². The third-order valence-corrected chi connectivity index (χ3v) is 5.66. The van der Waals surface area contributed by atoms with Gasteiger partial charge in [-0.3, -0.25) is 4.79 Å². The molecule has 7 heteroatoms. The third-order valence-electron chi connectivity index (χ3n) is 4.16. The zero-order valence-corrected chi connectivity index (χ0v) is 16.7. The second-order valence-corrected chi connectivity index (χ2v) is 8.70. The molecule has 0 aromatic heterocycles. The molecular formula is C19H23ClN2O3S. The van der Waals surface area contributed by atoms with Crippen LogP contribution in [-0.4, -0.2) is 38.0 Å². The number of sulfonamides is 1. The molecule has 140 valence electrons. The Labute approximate surface area is 160 Å². The van der Waals surface area contributed by atoms with Gasteiger partial charge in [-0.15, -0.1) is 0 Å². The summed E-state index contributed by atoms with van der Waals surface area (Å²) < 4.78 is 25.4. The van der Waals surface area contributed by atoms with Crippen molar-refractivity contribution in [3.63, 3.8) is 0 Å². The monoisotopic (exact) mass is 394 g/mol. The number of hydrogen-bond donors (Lipinski definition) is 1. The van der Waals surface area contributed by atoms with Crippen molar-refractivity contribution in [1.82, 2.24) is 9.62 Å². The highest BCUT2D eigenvalue weighted by atomic mass is 35.5. The van der Waals surface area contributed by atoms with E-state index in [9.17, 15) is 13.2 Å². The molecule has 0 radical (unpaired) electrons. The molecule has 2 aromatic carbocycles. The molecule has 1 N–H and O–H groups in total. The van der Waals surface area contributed by atoms with E-state index in [0.717, 1.165) is 22.9 Å². The number of rotatable bonds is 7. The van der Waals surface area contributed by atoms with E-state index >= 15 is 0 Å². The Morgan fingerprint density at radius 2 is 1.73 bits per heavy atom. The summed E-state index contributed by atoms with van der Waals surface area (Å²) >= 11 is 5.86. The van der Waals surface area contributed by atoms with E-state index < -0.39 is 10.0 Å². The van der Waals surface area contributed by atoms with E-state index in [-0.39, 0.29) is 25.5 Å². The van der Waals surface area contributed by atoms with Gasteiger partial charge in [0.2, 0.25) is 10.0 Å². The number of hydrogen-bond acceptors (Lipinski definition) is 3.